The highest BCUT2D eigenvalue weighted by atomic mass is 16.5. The number of nitrogens with zero attached hydrogens (tertiary/aromatic N) is 3. The Hall–Kier alpha value is -2.49. The Bertz CT molecular complexity index is 936. The van der Waals surface area contributed by atoms with Gasteiger partial charge in [-0.2, -0.15) is 0 Å². The number of ketones is 1. The Morgan fingerprint density at radius 3 is 2.40 bits per heavy atom. The first-order valence-electron chi connectivity index (χ1n) is 12.7. The molecule has 0 bridgehead atoms. The first kappa shape index (κ1) is 25.6. The van der Waals surface area contributed by atoms with Crippen molar-refractivity contribution < 1.29 is 19.1 Å². The zero-order valence-corrected chi connectivity index (χ0v) is 21.3. The highest BCUT2D eigenvalue weighted by molar-refractivity contribution is 5.99. The molecule has 3 heterocycles. The van der Waals surface area contributed by atoms with E-state index in [4.69, 9.17) is 10.5 Å². The van der Waals surface area contributed by atoms with Crippen LogP contribution in [0, 0.1) is 5.41 Å². The maximum atomic E-state index is 13.6. The van der Waals surface area contributed by atoms with Crippen LogP contribution in [0.4, 0.5) is 5.69 Å². The van der Waals surface area contributed by atoms with Crippen molar-refractivity contribution in [2.75, 3.05) is 50.8 Å². The molecule has 0 aliphatic carbocycles. The number of amides is 2. The molecule has 1 aromatic carbocycles. The van der Waals surface area contributed by atoms with E-state index < -0.39 is 29.6 Å². The number of benzene rings is 1. The Morgan fingerprint density at radius 1 is 1.14 bits per heavy atom. The highest BCUT2D eigenvalue weighted by Gasteiger charge is 2.53. The number of Topliss-reactive ketones (excluding diaryl/α,β-unsaturated/α-hetero) is 1. The summed E-state index contributed by atoms with van der Waals surface area (Å²) in [6.45, 7) is 13.3. The van der Waals surface area contributed by atoms with Crippen LogP contribution < -0.4 is 16.0 Å². The van der Waals surface area contributed by atoms with E-state index >= 15 is 0 Å². The largest absolute Gasteiger partial charge is 0.369 e. The molecule has 4 atom stereocenters. The number of nitrogens with one attached hydrogen (secondary N) is 1. The maximum Gasteiger partial charge on any atom is 0.251 e. The van der Waals surface area contributed by atoms with Crippen LogP contribution in [0.15, 0.2) is 24.3 Å². The Kier molecular flexibility index (Phi) is 7.49. The van der Waals surface area contributed by atoms with Crippen molar-refractivity contribution in [3.8, 4) is 0 Å². The highest BCUT2D eigenvalue weighted by Crippen LogP contribution is 2.30. The molecular weight excluding hydrogens is 446 g/mol. The minimum atomic E-state index is -0.805. The molecule has 3 aliphatic heterocycles. The molecule has 3 N–H and O–H groups in total. The molecule has 0 unspecified atom stereocenters. The average molecular weight is 486 g/mol. The van der Waals surface area contributed by atoms with Crippen molar-refractivity contribution in [3.63, 3.8) is 0 Å². The molecule has 0 spiro atoms. The normalized spacial score (nSPS) is 26.1. The lowest BCUT2D eigenvalue weighted by molar-refractivity contribution is -0.140. The van der Waals surface area contributed by atoms with Crippen LogP contribution in [0.25, 0.3) is 0 Å². The molecule has 35 heavy (non-hydrogen) atoms. The zero-order chi connectivity index (χ0) is 25.3. The molecule has 3 saturated heterocycles. The fourth-order valence-electron chi connectivity index (χ4n) is 5.32. The first-order chi connectivity index (χ1) is 16.6. The van der Waals surface area contributed by atoms with Gasteiger partial charge in [-0.05, 0) is 42.6 Å². The van der Waals surface area contributed by atoms with Gasteiger partial charge in [0.25, 0.3) is 5.91 Å². The second-order valence-corrected chi connectivity index (χ2v) is 11.0. The van der Waals surface area contributed by atoms with Crippen molar-refractivity contribution in [3.05, 3.63) is 29.8 Å². The van der Waals surface area contributed by atoms with Crippen LogP contribution in [0.5, 0.6) is 0 Å². The molecule has 3 fully saturated rings. The summed E-state index contributed by atoms with van der Waals surface area (Å²) < 4.78 is 5.51. The molecule has 9 heteroatoms. The lowest BCUT2D eigenvalue weighted by Gasteiger charge is -2.36. The number of rotatable bonds is 6. The Labute approximate surface area is 207 Å². The van der Waals surface area contributed by atoms with E-state index in [1.807, 2.05) is 45.0 Å². The lowest BCUT2D eigenvalue weighted by atomic mass is 9.85. The number of hydrogen-bond donors (Lipinski definition) is 2. The average Bonchev–Trinajstić information content (AvgIpc) is 3.37. The quantitative estimate of drug-likeness (QED) is 0.616. The van der Waals surface area contributed by atoms with Gasteiger partial charge in [0.2, 0.25) is 5.91 Å². The van der Waals surface area contributed by atoms with E-state index in [0.29, 0.717) is 5.56 Å². The number of carbonyl (C=O) groups excluding carboxylic acids is 3. The van der Waals surface area contributed by atoms with Gasteiger partial charge in [-0.1, -0.05) is 27.7 Å². The Morgan fingerprint density at radius 2 is 1.80 bits per heavy atom. The van der Waals surface area contributed by atoms with Crippen molar-refractivity contribution in [2.45, 2.75) is 58.3 Å². The zero-order valence-electron chi connectivity index (χ0n) is 21.3. The van der Waals surface area contributed by atoms with Crippen LogP contribution in [0.2, 0.25) is 0 Å². The van der Waals surface area contributed by atoms with Gasteiger partial charge in [0, 0.05) is 44.0 Å². The van der Waals surface area contributed by atoms with Crippen LogP contribution >= 0.6 is 0 Å². The molecule has 0 radical (unpaired) electrons. The number of carbonyl (C=O) groups is 3. The van der Waals surface area contributed by atoms with Crippen LogP contribution in [-0.4, -0.2) is 97.5 Å². The van der Waals surface area contributed by atoms with Gasteiger partial charge in [-0.15, -0.1) is 0 Å². The van der Waals surface area contributed by atoms with Gasteiger partial charge in [0.15, 0.2) is 5.78 Å². The second-order valence-electron chi connectivity index (χ2n) is 11.0. The summed E-state index contributed by atoms with van der Waals surface area (Å²) in [4.78, 5) is 45.4. The third-order valence-electron chi connectivity index (χ3n) is 7.30. The van der Waals surface area contributed by atoms with Crippen molar-refractivity contribution in [1.82, 2.24) is 15.1 Å². The number of ether oxygens (including phenoxy) is 1. The summed E-state index contributed by atoms with van der Waals surface area (Å²) in [6, 6.07) is 5.67. The minimum Gasteiger partial charge on any atom is -0.369 e. The molecule has 3 aliphatic rings. The number of likely N-dealkylation sites (tertiary alicyclic amines) is 1. The van der Waals surface area contributed by atoms with E-state index in [1.165, 1.54) is 4.90 Å². The predicted molar refractivity (Wildman–Crippen MR) is 134 cm³/mol. The number of hydrogen-bond acceptors (Lipinski definition) is 7. The summed E-state index contributed by atoms with van der Waals surface area (Å²) >= 11 is 0. The fourth-order valence-corrected chi connectivity index (χ4v) is 5.32. The third kappa shape index (κ3) is 5.37. The minimum absolute atomic E-state index is 0.0284. The molecule has 0 saturated carbocycles. The van der Waals surface area contributed by atoms with Crippen LogP contribution in [-0.2, 0) is 14.3 Å². The summed E-state index contributed by atoms with van der Waals surface area (Å²) in [6.07, 6.45) is 0.691. The topological polar surface area (TPSA) is 108 Å². The summed E-state index contributed by atoms with van der Waals surface area (Å²) in [7, 11) is 0. The molecular formula is C26H39N5O4. The predicted octanol–water partition coefficient (Wildman–Crippen LogP) is 0.869. The van der Waals surface area contributed by atoms with E-state index in [2.05, 4.69) is 22.0 Å². The number of fused-ring (bicyclic) bond motifs is 1. The Balaban J connectivity index is 1.43. The summed E-state index contributed by atoms with van der Waals surface area (Å²) in [5.74, 6) is -0.748. The van der Waals surface area contributed by atoms with Crippen molar-refractivity contribution in [1.29, 1.82) is 0 Å². The van der Waals surface area contributed by atoms with E-state index in [-0.39, 0.29) is 30.7 Å². The van der Waals surface area contributed by atoms with Gasteiger partial charge in [0.1, 0.15) is 24.8 Å². The van der Waals surface area contributed by atoms with Gasteiger partial charge < -0.3 is 25.6 Å². The smallest absolute Gasteiger partial charge is 0.251 e. The van der Waals surface area contributed by atoms with Gasteiger partial charge in [-0.3, -0.25) is 19.3 Å². The first-order valence-corrected chi connectivity index (χ1v) is 12.7. The number of nitrogens with two attached hydrogens (primary N) is 1. The van der Waals surface area contributed by atoms with Crippen molar-refractivity contribution in [2.24, 2.45) is 11.1 Å². The molecule has 0 aromatic heterocycles. The summed E-state index contributed by atoms with van der Waals surface area (Å²) in [5, 5.41) is 2.93. The number of anilines is 1. The lowest BCUT2D eigenvalue weighted by Crippen LogP contribution is -2.57. The molecule has 2 amide bonds. The molecule has 9 nitrogen and oxygen atoms in total. The van der Waals surface area contributed by atoms with Crippen molar-refractivity contribution >= 4 is 23.3 Å². The second kappa shape index (κ2) is 10.2. The monoisotopic (exact) mass is 485 g/mol. The van der Waals surface area contributed by atoms with Crippen LogP contribution in [0.3, 0.4) is 0 Å². The fraction of sp³-hybridized carbons (Fsp3) is 0.654. The van der Waals surface area contributed by atoms with Gasteiger partial charge in [0.05, 0.1) is 6.04 Å². The standard InChI is InChI=1S/C26H39N5O4/c1-5-10-29-11-13-30(14-12-29)18-8-6-17(7-9-18)24(33)28-23(26(2,3)4)25(34)31-15-19(27)22-21(31)20(32)16-35-22/h6-9,19,21-23H,5,10-16,27H2,1-4H3,(H,28,33)/t19-,21+,22+,23+/m0/s1. The summed E-state index contributed by atoms with van der Waals surface area (Å²) in [5.41, 5.74) is 7.18. The third-order valence-corrected chi connectivity index (χ3v) is 7.30. The van der Waals surface area contributed by atoms with E-state index in [9.17, 15) is 14.4 Å². The molecule has 4 rings (SSSR count). The van der Waals surface area contributed by atoms with Gasteiger partial charge in [-0.25, -0.2) is 0 Å². The number of piperazine rings is 1. The molecule has 1 aromatic rings. The van der Waals surface area contributed by atoms with Crippen LogP contribution in [0.1, 0.15) is 44.5 Å². The SMILES string of the molecule is CCCN1CCN(c2ccc(C(=O)N[C@H](C(=O)N3C[C@H](N)[C@H]4OCC(=O)[C@H]43)C(C)(C)C)cc2)CC1. The van der Waals surface area contributed by atoms with E-state index in [0.717, 1.165) is 44.8 Å². The maximum absolute atomic E-state index is 13.6. The van der Waals surface area contributed by atoms with Gasteiger partial charge >= 0.3 is 0 Å². The molecule has 192 valence electrons. The van der Waals surface area contributed by atoms with E-state index in [1.54, 1.807) is 0 Å².